The van der Waals surface area contributed by atoms with Gasteiger partial charge in [-0.2, -0.15) is 0 Å². The number of nitrogens with zero attached hydrogens (tertiary/aromatic N) is 1. The predicted octanol–water partition coefficient (Wildman–Crippen LogP) is 2.57. The molecule has 0 bridgehead atoms. The van der Waals surface area contributed by atoms with Gasteiger partial charge < -0.3 is 4.90 Å². The van der Waals surface area contributed by atoms with Crippen LogP contribution in [0.5, 0.6) is 0 Å². The number of unbranched alkanes of at least 4 members (excludes halogenated alkanes) is 1. The summed E-state index contributed by atoms with van der Waals surface area (Å²) in [7, 11) is 0.772. The number of rotatable bonds is 9. The molecule has 1 rings (SSSR count). The first kappa shape index (κ1) is 18.1. The van der Waals surface area contributed by atoms with Crippen LogP contribution in [0.4, 0.5) is 0 Å². The normalized spacial score (nSPS) is 13.6. The van der Waals surface area contributed by atoms with E-state index in [0.29, 0.717) is 13.0 Å². The fourth-order valence-electron chi connectivity index (χ4n) is 2.19. The molecule has 0 saturated carbocycles. The maximum atomic E-state index is 11.9. The third-order valence-electron chi connectivity index (χ3n) is 3.66. The Hall–Kier alpha value is -0.910. The molecule has 1 atom stereocenters. The number of hydrogen-bond donors (Lipinski definition) is 1. The van der Waals surface area contributed by atoms with E-state index in [1.165, 1.54) is 5.56 Å². The van der Waals surface area contributed by atoms with Crippen molar-refractivity contribution in [1.82, 2.24) is 9.62 Å². The van der Waals surface area contributed by atoms with Crippen LogP contribution < -0.4 is 4.72 Å². The lowest BCUT2D eigenvalue weighted by atomic mass is 10.0. The SMILES string of the molecule is CCCCS(=O)(=O)NCC(c1ccc(CC)cc1)N(C)C. The van der Waals surface area contributed by atoms with Gasteiger partial charge in [-0.15, -0.1) is 0 Å². The van der Waals surface area contributed by atoms with E-state index < -0.39 is 10.0 Å². The molecule has 0 fully saturated rings. The summed E-state index contributed by atoms with van der Waals surface area (Å²) in [6.07, 6.45) is 2.60. The van der Waals surface area contributed by atoms with E-state index in [1.807, 2.05) is 25.9 Å². The molecule has 0 amide bonds. The Kier molecular flexibility index (Phi) is 7.35. The predicted molar refractivity (Wildman–Crippen MR) is 88.9 cm³/mol. The van der Waals surface area contributed by atoms with Gasteiger partial charge in [0.1, 0.15) is 0 Å². The fourth-order valence-corrected chi connectivity index (χ4v) is 3.41. The number of hydrogen-bond acceptors (Lipinski definition) is 3. The van der Waals surface area contributed by atoms with E-state index in [4.69, 9.17) is 0 Å². The lowest BCUT2D eigenvalue weighted by molar-refractivity contribution is 0.299. The van der Waals surface area contributed by atoms with Crippen molar-refractivity contribution in [2.24, 2.45) is 0 Å². The molecule has 0 spiro atoms. The van der Waals surface area contributed by atoms with Gasteiger partial charge in [0.2, 0.25) is 10.0 Å². The number of benzene rings is 1. The second kappa shape index (κ2) is 8.51. The van der Waals surface area contributed by atoms with Crippen LogP contribution in [-0.4, -0.2) is 39.7 Å². The average Bonchev–Trinajstić information content (AvgIpc) is 2.45. The van der Waals surface area contributed by atoms with Gasteiger partial charge in [-0.05, 0) is 38.1 Å². The molecule has 4 nitrogen and oxygen atoms in total. The number of aryl methyl sites for hydroxylation is 1. The average molecular weight is 312 g/mol. The van der Waals surface area contributed by atoms with Gasteiger partial charge in [-0.25, -0.2) is 13.1 Å². The van der Waals surface area contributed by atoms with Crippen molar-refractivity contribution in [1.29, 1.82) is 0 Å². The van der Waals surface area contributed by atoms with E-state index >= 15 is 0 Å². The minimum atomic E-state index is -3.17. The van der Waals surface area contributed by atoms with Crippen molar-refractivity contribution in [3.8, 4) is 0 Å². The van der Waals surface area contributed by atoms with Crippen molar-refractivity contribution in [2.75, 3.05) is 26.4 Å². The Morgan fingerprint density at radius 1 is 1.14 bits per heavy atom. The Balaban J connectivity index is 2.73. The zero-order valence-corrected chi connectivity index (χ0v) is 14.4. The number of nitrogens with one attached hydrogen (secondary N) is 1. The monoisotopic (exact) mass is 312 g/mol. The lowest BCUT2D eigenvalue weighted by Gasteiger charge is -2.25. The van der Waals surface area contributed by atoms with Crippen molar-refractivity contribution in [3.05, 3.63) is 35.4 Å². The van der Waals surface area contributed by atoms with E-state index in [1.54, 1.807) is 0 Å². The van der Waals surface area contributed by atoms with Crippen molar-refractivity contribution in [3.63, 3.8) is 0 Å². The summed E-state index contributed by atoms with van der Waals surface area (Å²) in [6, 6.07) is 8.44. The summed E-state index contributed by atoms with van der Waals surface area (Å²) in [6.45, 7) is 4.53. The third kappa shape index (κ3) is 6.16. The maximum absolute atomic E-state index is 11.9. The molecule has 1 aromatic rings. The molecule has 0 saturated heterocycles. The molecule has 120 valence electrons. The van der Waals surface area contributed by atoms with Crippen molar-refractivity contribution in [2.45, 2.75) is 39.2 Å². The maximum Gasteiger partial charge on any atom is 0.211 e. The fraction of sp³-hybridized carbons (Fsp3) is 0.625. The summed E-state index contributed by atoms with van der Waals surface area (Å²) in [5, 5.41) is 0. The van der Waals surface area contributed by atoms with Crippen LogP contribution in [0.1, 0.15) is 43.9 Å². The topological polar surface area (TPSA) is 49.4 Å². The Morgan fingerprint density at radius 3 is 2.24 bits per heavy atom. The highest BCUT2D eigenvalue weighted by Gasteiger charge is 2.17. The van der Waals surface area contributed by atoms with Crippen LogP contribution in [0, 0.1) is 0 Å². The highest BCUT2D eigenvalue weighted by molar-refractivity contribution is 7.89. The molecule has 1 unspecified atom stereocenters. The first-order chi connectivity index (χ1) is 9.89. The highest BCUT2D eigenvalue weighted by Crippen LogP contribution is 2.18. The van der Waals surface area contributed by atoms with Gasteiger partial charge in [0.05, 0.1) is 5.75 Å². The molecule has 0 aromatic heterocycles. The van der Waals surface area contributed by atoms with Gasteiger partial charge in [0.15, 0.2) is 0 Å². The molecule has 0 aliphatic rings. The van der Waals surface area contributed by atoms with Crippen LogP contribution in [0.2, 0.25) is 0 Å². The largest absolute Gasteiger partial charge is 0.301 e. The summed E-state index contributed by atoms with van der Waals surface area (Å²) >= 11 is 0. The highest BCUT2D eigenvalue weighted by atomic mass is 32.2. The van der Waals surface area contributed by atoms with Crippen LogP contribution in [0.15, 0.2) is 24.3 Å². The molecular weight excluding hydrogens is 284 g/mol. The standard InChI is InChI=1S/C16H28N2O2S/c1-5-7-12-21(19,20)17-13-16(18(3)4)15-10-8-14(6-2)9-11-15/h8-11,16-17H,5-7,12-13H2,1-4H3. The van der Waals surface area contributed by atoms with Crippen LogP contribution >= 0.6 is 0 Å². The Morgan fingerprint density at radius 2 is 1.76 bits per heavy atom. The van der Waals surface area contributed by atoms with E-state index in [9.17, 15) is 8.42 Å². The minimum Gasteiger partial charge on any atom is -0.301 e. The molecule has 0 heterocycles. The zero-order chi connectivity index (χ0) is 15.9. The van der Waals surface area contributed by atoms with Crippen LogP contribution in [0.3, 0.4) is 0 Å². The smallest absolute Gasteiger partial charge is 0.211 e. The second-order valence-corrected chi connectivity index (χ2v) is 7.52. The van der Waals surface area contributed by atoms with Gasteiger partial charge in [-0.1, -0.05) is 44.5 Å². The van der Waals surface area contributed by atoms with Gasteiger partial charge >= 0.3 is 0 Å². The molecule has 0 aliphatic carbocycles. The Bertz CT molecular complexity index is 510. The van der Waals surface area contributed by atoms with E-state index in [0.717, 1.165) is 18.4 Å². The van der Waals surface area contributed by atoms with Crippen molar-refractivity contribution >= 4 is 10.0 Å². The minimum absolute atomic E-state index is 0.0484. The van der Waals surface area contributed by atoms with Gasteiger partial charge in [-0.3, -0.25) is 0 Å². The van der Waals surface area contributed by atoms with Crippen LogP contribution in [-0.2, 0) is 16.4 Å². The third-order valence-corrected chi connectivity index (χ3v) is 5.09. The van der Waals surface area contributed by atoms with Gasteiger partial charge in [0, 0.05) is 12.6 Å². The van der Waals surface area contributed by atoms with E-state index in [2.05, 4.69) is 35.9 Å². The van der Waals surface area contributed by atoms with Crippen molar-refractivity contribution < 1.29 is 8.42 Å². The summed E-state index contributed by atoms with van der Waals surface area (Å²) in [5.41, 5.74) is 2.43. The molecule has 1 aromatic carbocycles. The molecule has 21 heavy (non-hydrogen) atoms. The summed E-state index contributed by atoms with van der Waals surface area (Å²) < 4.78 is 26.6. The first-order valence-electron chi connectivity index (χ1n) is 7.62. The number of likely N-dealkylation sites (N-methyl/N-ethyl adjacent to an activating group) is 1. The van der Waals surface area contributed by atoms with E-state index in [-0.39, 0.29) is 11.8 Å². The lowest BCUT2D eigenvalue weighted by Crippen LogP contribution is -2.35. The summed E-state index contributed by atoms with van der Waals surface area (Å²) in [5.74, 6) is 0.207. The molecule has 1 N–H and O–H groups in total. The molecular formula is C16H28N2O2S. The first-order valence-corrected chi connectivity index (χ1v) is 9.27. The summed E-state index contributed by atoms with van der Waals surface area (Å²) in [4.78, 5) is 2.04. The second-order valence-electron chi connectivity index (χ2n) is 5.60. The number of sulfonamides is 1. The molecule has 5 heteroatoms. The van der Waals surface area contributed by atoms with Gasteiger partial charge in [0.25, 0.3) is 0 Å². The van der Waals surface area contributed by atoms with Crippen LogP contribution in [0.25, 0.3) is 0 Å². The quantitative estimate of drug-likeness (QED) is 0.762. The molecule has 0 aliphatic heterocycles. The molecule has 0 radical (unpaired) electrons. The zero-order valence-electron chi connectivity index (χ0n) is 13.6. The Labute approximate surface area is 129 Å².